The maximum atomic E-state index is 12.0. The highest BCUT2D eigenvalue weighted by molar-refractivity contribution is 7.15. The predicted octanol–water partition coefficient (Wildman–Crippen LogP) is 2.40. The summed E-state index contributed by atoms with van der Waals surface area (Å²) in [5.74, 6) is 2.07. The Morgan fingerprint density at radius 2 is 2.21 bits per heavy atom. The number of terminal acetylenes is 1. The number of amides is 1. The Morgan fingerprint density at radius 1 is 1.47 bits per heavy atom. The molecule has 2 heterocycles. The Morgan fingerprint density at radius 3 is 2.79 bits per heavy atom. The van der Waals surface area contributed by atoms with E-state index in [9.17, 15) is 4.79 Å². The smallest absolute Gasteiger partial charge is 0.276 e. The molecule has 0 saturated heterocycles. The van der Waals surface area contributed by atoms with Crippen LogP contribution in [0, 0.1) is 12.3 Å². The van der Waals surface area contributed by atoms with Crippen LogP contribution in [0.1, 0.15) is 41.7 Å². The summed E-state index contributed by atoms with van der Waals surface area (Å²) in [6, 6.07) is 0. The highest BCUT2D eigenvalue weighted by Gasteiger charge is 2.19. The minimum absolute atomic E-state index is 0.0125. The van der Waals surface area contributed by atoms with E-state index >= 15 is 0 Å². The number of hydrogen-bond acceptors (Lipinski definition) is 4. The quantitative estimate of drug-likeness (QED) is 0.826. The number of anilines is 1. The maximum absolute atomic E-state index is 12.0. The minimum atomic E-state index is -0.333. The van der Waals surface area contributed by atoms with Crippen LogP contribution in [0.25, 0.3) is 0 Å². The zero-order valence-electron chi connectivity index (χ0n) is 10.9. The number of aromatic amines is 1. The molecule has 2 rings (SSSR count). The van der Waals surface area contributed by atoms with Crippen molar-refractivity contribution in [3.05, 3.63) is 28.5 Å². The van der Waals surface area contributed by atoms with Crippen molar-refractivity contribution < 1.29 is 4.79 Å². The number of carbonyl (C=O) groups excluding carboxylic acids is 1. The molecule has 2 aromatic rings. The van der Waals surface area contributed by atoms with Gasteiger partial charge < -0.3 is 0 Å². The lowest BCUT2D eigenvalue weighted by Gasteiger charge is -2.14. The summed E-state index contributed by atoms with van der Waals surface area (Å²) in [5.41, 5.74) is 0.721. The zero-order valence-corrected chi connectivity index (χ0v) is 11.8. The summed E-state index contributed by atoms with van der Waals surface area (Å²) < 4.78 is 0. The van der Waals surface area contributed by atoms with Crippen LogP contribution < -0.4 is 5.32 Å². The Balaban J connectivity index is 2.16. The summed E-state index contributed by atoms with van der Waals surface area (Å²) in [6.07, 6.45) is 8.50. The molecular formula is C13H14N4OS. The summed E-state index contributed by atoms with van der Waals surface area (Å²) in [5, 5.41) is 9.60. The average molecular weight is 274 g/mol. The number of H-pyrrole nitrogens is 1. The molecule has 0 aliphatic heterocycles. The van der Waals surface area contributed by atoms with E-state index in [-0.39, 0.29) is 17.0 Å². The molecule has 0 spiro atoms. The predicted molar refractivity (Wildman–Crippen MR) is 75.3 cm³/mol. The standard InChI is InChI=1S/C13H14N4OS/c1-5-8-6-15-17-10(8)11(18)16-12-14-7-9(19-12)13(2,3)4/h1,6-7H,2-4H3,(H,15,17)(H,14,16,18). The summed E-state index contributed by atoms with van der Waals surface area (Å²) in [4.78, 5) is 17.3. The van der Waals surface area contributed by atoms with E-state index < -0.39 is 0 Å². The highest BCUT2D eigenvalue weighted by Crippen LogP contribution is 2.30. The van der Waals surface area contributed by atoms with E-state index in [1.165, 1.54) is 17.5 Å². The monoisotopic (exact) mass is 274 g/mol. The number of nitrogens with one attached hydrogen (secondary N) is 2. The van der Waals surface area contributed by atoms with Crippen LogP contribution in [0.4, 0.5) is 5.13 Å². The molecule has 0 bridgehead atoms. The topological polar surface area (TPSA) is 70.7 Å². The first-order chi connectivity index (χ1) is 8.91. The second-order valence-corrected chi connectivity index (χ2v) is 6.07. The van der Waals surface area contributed by atoms with Gasteiger partial charge in [0.25, 0.3) is 5.91 Å². The van der Waals surface area contributed by atoms with Crippen molar-refractivity contribution in [3.63, 3.8) is 0 Å². The molecule has 0 unspecified atom stereocenters. The van der Waals surface area contributed by atoms with Gasteiger partial charge in [0.15, 0.2) is 5.13 Å². The van der Waals surface area contributed by atoms with Gasteiger partial charge in [-0.05, 0) is 5.41 Å². The van der Waals surface area contributed by atoms with Crippen molar-refractivity contribution >= 4 is 22.4 Å². The normalized spacial score (nSPS) is 11.1. The molecule has 6 heteroatoms. The van der Waals surface area contributed by atoms with Gasteiger partial charge in [-0.1, -0.05) is 26.7 Å². The number of nitrogens with zero attached hydrogens (tertiary/aromatic N) is 2. The van der Waals surface area contributed by atoms with Crippen LogP contribution in [0.3, 0.4) is 0 Å². The number of hydrogen-bond donors (Lipinski definition) is 2. The Bertz CT molecular complexity index is 642. The van der Waals surface area contributed by atoms with Crippen molar-refractivity contribution in [2.75, 3.05) is 5.32 Å². The summed E-state index contributed by atoms with van der Waals surface area (Å²) in [6.45, 7) is 6.28. The molecule has 2 N–H and O–H groups in total. The lowest BCUT2D eigenvalue weighted by molar-refractivity contribution is 0.102. The fourth-order valence-corrected chi connectivity index (χ4v) is 2.28. The molecule has 0 fully saturated rings. The van der Waals surface area contributed by atoms with Crippen molar-refractivity contribution in [1.82, 2.24) is 15.2 Å². The third-order valence-corrected chi connectivity index (χ3v) is 3.83. The minimum Gasteiger partial charge on any atom is -0.296 e. The number of aromatic nitrogens is 3. The second-order valence-electron chi connectivity index (χ2n) is 5.04. The van der Waals surface area contributed by atoms with Gasteiger partial charge in [0.1, 0.15) is 5.69 Å². The van der Waals surface area contributed by atoms with Crippen LogP contribution in [0.5, 0.6) is 0 Å². The van der Waals surface area contributed by atoms with Crippen molar-refractivity contribution in [2.45, 2.75) is 26.2 Å². The van der Waals surface area contributed by atoms with Gasteiger partial charge in [-0.15, -0.1) is 17.8 Å². The molecule has 5 nitrogen and oxygen atoms in total. The Hall–Kier alpha value is -2.13. The molecule has 98 valence electrons. The Labute approximate surface area is 115 Å². The van der Waals surface area contributed by atoms with E-state index in [2.05, 4.69) is 47.2 Å². The van der Waals surface area contributed by atoms with Gasteiger partial charge in [0, 0.05) is 11.1 Å². The van der Waals surface area contributed by atoms with Gasteiger partial charge in [-0.2, -0.15) is 5.10 Å². The van der Waals surface area contributed by atoms with Gasteiger partial charge in [0.05, 0.1) is 11.8 Å². The summed E-state index contributed by atoms with van der Waals surface area (Å²) in [7, 11) is 0. The maximum Gasteiger partial charge on any atom is 0.276 e. The third kappa shape index (κ3) is 2.83. The first-order valence-corrected chi connectivity index (χ1v) is 6.51. The second kappa shape index (κ2) is 4.86. The first-order valence-electron chi connectivity index (χ1n) is 5.69. The van der Waals surface area contributed by atoms with Gasteiger partial charge in [-0.25, -0.2) is 4.98 Å². The average Bonchev–Trinajstić information content (AvgIpc) is 2.95. The van der Waals surface area contributed by atoms with Crippen LogP contribution in [-0.2, 0) is 5.41 Å². The van der Waals surface area contributed by atoms with Gasteiger partial charge in [-0.3, -0.25) is 15.2 Å². The van der Waals surface area contributed by atoms with Crippen LogP contribution in [0.2, 0.25) is 0 Å². The molecule has 0 aliphatic carbocycles. The van der Waals surface area contributed by atoms with Crippen molar-refractivity contribution in [1.29, 1.82) is 0 Å². The third-order valence-electron chi connectivity index (χ3n) is 2.49. The van der Waals surface area contributed by atoms with E-state index in [1.54, 1.807) is 6.20 Å². The Kier molecular flexibility index (Phi) is 3.40. The molecule has 0 saturated carbocycles. The van der Waals surface area contributed by atoms with Crippen LogP contribution in [-0.4, -0.2) is 21.1 Å². The molecule has 0 aromatic carbocycles. The molecule has 1 amide bonds. The fourth-order valence-electron chi connectivity index (χ4n) is 1.41. The number of thiazole rings is 1. The van der Waals surface area contributed by atoms with Gasteiger partial charge >= 0.3 is 0 Å². The highest BCUT2D eigenvalue weighted by atomic mass is 32.1. The molecule has 0 aliphatic rings. The van der Waals surface area contributed by atoms with E-state index in [4.69, 9.17) is 6.42 Å². The van der Waals surface area contributed by atoms with Crippen LogP contribution in [0.15, 0.2) is 12.4 Å². The first kappa shape index (κ1) is 13.3. The van der Waals surface area contributed by atoms with Crippen molar-refractivity contribution in [3.8, 4) is 12.3 Å². The fraction of sp³-hybridized carbons (Fsp3) is 0.308. The number of rotatable bonds is 2. The van der Waals surface area contributed by atoms with E-state index in [0.717, 1.165) is 4.88 Å². The zero-order chi connectivity index (χ0) is 14.0. The molecule has 0 atom stereocenters. The lowest BCUT2D eigenvalue weighted by atomic mass is 9.96. The summed E-state index contributed by atoms with van der Waals surface area (Å²) >= 11 is 1.45. The molecule has 19 heavy (non-hydrogen) atoms. The molecular weight excluding hydrogens is 260 g/mol. The van der Waals surface area contributed by atoms with E-state index in [0.29, 0.717) is 10.7 Å². The van der Waals surface area contributed by atoms with Crippen LogP contribution >= 0.6 is 11.3 Å². The van der Waals surface area contributed by atoms with Gasteiger partial charge in [0.2, 0.25) is 0 Å². The number of carbonyl (C=O) groups is 1. The largest absolute Gasteiger partial charge is 0.296 e. The molecule has 0 radical (unpaired) electrons. The lowest BCUT2D eigenvalue weighted by Crippen LogP contribution is -2.13. The van der Waals surface area contributed by atoms with Crippen molar-refractivity contribution in [2.24, 2.45) is 0 Å². The SMILES string of the molecule is C#Cc1cn[nH]c1C(=O)Nc1ncc(C(C)(C)C)s1. The molecule has 2 aromatic heterocycles. The van der Waals surface area contributed by atoms with E-state index in [1.807, 2.05) is 0 Å².